The van der Waals surface area contributed by atoms with Crippen LogP contribution in [0, 0.1) is 6.92 Å². The van der Waals surface area contributed by atoms with Crippen molar-refractivity contribution in [2.45, 2.75) is 50.5 Å². The van der Waals surface area contributed by atoms with Crippen LogP contribution >= 0.6 is 11.3 Å². The van der Waals surface area contributed by atoms with E-state index in [9.17, 15) is 4.79 Å². The molecule has 2 aromatic rings. The van der Waals surface area contributed by atoms with Gasteiger partial charge in [-0.25, -0.2) is 14.8 Å². The van der Waals surface area contributed by atoms with Crippen molar-refractivity contribution in [3.05, 3.63) is 34.5 Å². The van der Waals surface area contributed by atoms with E-state index >= 15 is 0 Å². The summed E-state index contributed by atoms with van der Waals surface area (Å²) < 4.78 is 0. The van der Waals surface area contributed by atoms with E-state index < -0.39 is 0 Å². The molecule has 5 nitrogen and oxygen atoms in total. The lowest BCUT2D eigenvalue weighted by Crippen LogP contribution is -2.32. The lowest BCUT2D eigenvalue weighted by atomic mass is 9.76. The third-order valence-corrected chi connectivity index (χ3v) is 6.34. The molecule has 132 valence electrons. The zero-order chi connectivity index (χ0) is 17.4. The number of aldehydes is 1. The minimum atomic E-state index is -0.103. The zero-order valence-electron chi connectivity index (χ0n) is 14.3. The van der Waals surface area contributed by atoms with Gasteiger partial charge >= 0.3 is 0 Å². The number of benzene rings is 1. The predicted molar refractivity (Wildman–Crippen MR) is 97.7 cm³/mol. The number of nitrogens with zero attached hydrogens (tertiary/aromatic N) is 1. The number of rotatable bonds is 3. The van der Waals surface area contributed by atoms with E-state index in [1.807, 2.05) is 19.1 Å². The Hall–Kier alpha value is -1.76. The van der Waals surface area contributed by atoms with Crippen LogP contribution in [0.2, 0.25) is 0 Å². The van der Waals surface area contributed by atoms with E-state index in [2.05, 4.69) is 11.1 Å². The Labute approximate surface area is 151 Å². The van der Waals surface area contributed by atoms with Crippen molar-refractivity contribution >= 4 is 23.3 Å². The largest absolute Gasteiger partial charge is 0.399 e. The van der Waals surface area contributed by atoms with Crippen LogP contribution in [-0.2, 0) is 9.78 Å². The highest BCUT2D eigenvalue weighted by atomic mass is 32.1. The highest BCUT2D eigenvalue weighted by Crippen LogP contribution is 2.46. The van der Waals surface area contributed by atoms with Crippen molar-refractivity contribution in [1.29, 1.82) is 0 Å². The third kappa shape index (κ3) is 3.21. The molecule has 1 spiro atoms. The summed E-state index contributed by atoms with van der Waals surface area (Å²) in [5.74, 6) is 0.344. The van der Waals surface area contributed by atoms with Gasteiger partial charge in [-0.2, -0.15) is 0 Å². The average molecular weight is 358 g/mol. The number of hydrogen-bond donors (Lipinski definition) is 1. The summed E-state index contributed by atoms with van der Waals surface area (Å²) in [4.78, 5) is 27.7. The Morgan fingerprint density at radius 3 is 2.72 bits per heavy atom. The van der Waals surface area contributed by atoms with Gasteiger partial charge in [-0.15, -0.1) is 11.3 Å². The van der Waals surface area contributed by atoms with Crippen molar-refractivity contribution in [2.24, 2.45) is 0 Å². The van der Waals surface area contributed by atoms with Gasteiger partial charge in [-0.05, 0) is 55.9 Å². The summed E-state index contributed by atoms with van der Waals surface area (Å²) in [6.45, 7) is 2.72. The molecule has 1 saturated carbocycles. The molecule has 1 saturated heterocycles. The van der Waals surface area contributed by atoms with Crippen LogP contribution in [0.15, 0.2) is 18.2 Å². The molecule has 0 bridgehead atoms. The molecule has 1 aromatic heterocycles. The minimum Gasteiger partial charge on any atom is -0.399 e. The molecule has 4 rings (SSSR count). The molecule has 1 aromatic carbocycles. The van der Waals surface area contributed by atoms with Crippen molar-refractivity contribution < 1.29 is 14.6 Å². The second kappa shape index (κ2) is 6.52. The summed E-state index contributed by atoms with van der Waals surface area (Å²) >= 11 is 1.46. The molecule has 6 heteroatoms. The van der Waals surface area contributed by atoms with Gasteiger partial charge in [0.1, 0.15) is 5.60 Å². The van der Waals surface area contributed by atoms with E-state index in [1.54, 1.807) is 0 Å². The Balaban J connectivity index is 1.65. The number of carbonyl (C=O) groups is 1. The van der Waals surface area contributed by atoms with E-state index in [1.165, 1.54) is 11.3 Å². The predicted octanol–water partition coefficient (Wildman–Crippen LogP) is 4.26. The summed E-state index contributed by atoms with van der Waals surface area (Å²) in [6.07, 6.45) is 5.76. The molecule has 1 aliphatic carbocycles. The summed E-state index contributed by atoms with van der Waals surface area (Å²) in [5.41, 5.74) is 9.86. The Morgan fingerprint density at radius 1 is 1.28 bits per heavy atom. The summed E-state index contributed by atoms with van der Waals surface area (Å²) in [7, 11) is 0. The van der Waals surface area contributed by atoms with E-state index in [0.29, 0.717) is 17.5 Å². The first kappa shape index (κ1) is 16.7. The normalized spacial score (nSPS) is 26.2. The van der Waals surface area contributed by atoms with Gasteiger partial charge in [-0.3, -0.25) is 4.79 Å². The molecule has 2 N–H and O–H groups in total. The lowest BCUT2D eigenvalue weighted by Gasteiger charge is -2.34. The van der Waals surface area contributed by atoms with Crippen LogP contribution in [0.5, 0.6) is 0 Å². The standard InChI is InChI=1S/C19H22N2O3S/c1-12-8-14(10-15(20)9-12)18-17(21-16(11-22)25-18)13-2-4-19(5-3-13)6-7-23-24-19/h8-11,13H,2-7,20H2,1H3. The van der Waals surface area contributed by atoms with Gasteiger partial charge in [0.25, 0.3) is 0 Å². The number of carbonyl (C=O) groups excluding carboxylic acids is 1. The quantitative estimate of drug-likeness (QED) is 0.504. The summed E-state index contributed by atoms with van der Waals surface area (Å²) in [6, 6.07) is 6.03. The third-order valence-electron chi connectivity index (χ3n) is 5.29. The summed E-state index contributed by atoms with van der Waals surface area (Å²) in [5, 5.41) is 0.533. The van der Waals surface area contributed by atoms with Gasteiger partial charge in [0.15, 0.2) is 11.3 Å². The topological polar surface area (TPSA) is 74.4 Å². The monoisotopic (exact) mass is 358 g/mol. The molecule has 0 unspecified atom stereocenters. The fraction of sp³-hybridized carbons (Fsp3) is 0.474. The van der Waals surface area contributed by atoms with E-state index in [0.717, 1.165) is 65.8 Å². The van der Waals surface area contributed by atoms with Crippen LogP contribution in [0.4, 0.5) is 5.69 Å². The highest BCUT2D eigenvalue weighted by Gasteiger charge is 2.42. The Bertz CT molecular complexity index is 766. The van der Waals surface area contributed by atoms with E-state index in [-0.39, 0.29) is 5.60 Å². The van der Waals surface area contributed by atoms with Gasteiger partial charge < -0.3 is 5.73 Å². The Kier molecular flexibility index (Phi) is 4.35. The van der Waals surface area contributed by atoms with Crippen LogP contribution < -0.4 is 5.73 Å². The van der Waals surface area contributed by atoms with Crippen LogP contribution in [0.25, 0.3) is 10.4 Å². The Morgan fingerprint density at radius 2 is 2.08 bits per heavy atom. The van der Waals surface area contributed by atoms with Crippen LogP contribution in [0.3, 0.4) is 0 Å². The molecule has 0 amide bonds. The molecule has 0 radical (unpaired) electrons. The van der Waals surface area contributed by atoms with Crippen molar-refractivity contribution in [3.8, 4) is 10.4 Å². The number of aryl methyl sites for hydroxylation is 1. The molecule has 2 heterocycles. The number of thiazole rings is 1. The van der Waals surface area contributed by atoms with Crippen molar-refractivity contribution in [2.75, 3.05) is 12.3 Å². The molecule has 1 aliphatic heterocycles. The first-order chi connectivity index (χ1) is 12.1. The molecular formula is C19H22N2O3S. The molecule has 0 atom stereocenters. The van der Waals surface area contributed by atoms with Crippen molar-refractivity contribution in [1.82, 2.24) is 4.98 Å². The average Bonchev–Trinajstić information content (AvgIpc) is 3.22. The maximum Gasteiger partial charge on any atom is 0.178 e. The van der Waals surface area contributed by atoms with E-state index in [4.69, 9.17) is 15.5 Å². The number of anilines is 1. The fourth-order valence-corrected chi connectivity index (χ4v) is 4.97. The van der Waals surface area contributed by atoms with Gasteiger partial charge in [0.2, 0.25) is 0 Å². The number of hydrogen-bond acceptors (Lipinski definition) is 6. The molecule has 2 fully saturated rings. The number of nitrogens with two attached hydrogens (primary N) is 1. The van der Waals surface area contributed by atoms with Crippen LogP contribution in [-0.4, -0.2) is 23.5 Å². The smallest absolute Gasteiger partial charge is 0.178 e. The minimum absolute atomic E-state index is 0.103. The molecule has 2 aliphatic rings. The molecule has 25 heavy (non-hydrogen) atoms. The highest BCUT2D eigenvalue weighted by molar-refractivity contribution is 7.16. The maximum absolute atomic E-state index is 11.3. The first-order valence-electron chi connectivity index (χ1n) is 8.73. The van der Waals surface area contributed by atoms with Crippen molar-refractivity contribution in [3.63, 3.8) is 0 Å². The fourth-order valence-electron chi connectivity index (χ4n) is 4.01. The SMILES string of the molecule is Cc1cc(N)cc(-c2sc(C=O)nc2C2CCC3(CCOO3)CC2)c1. The number of nitrogen functional groups attached to an aromatic ring is 1. The zero-order valence-corrected chi connectivity index (χ0v) is 15.1. The molecular weight excluding hydrogens is 336 g/mol. The van der Waals surface area contributed by atoms with Crippen LogP contribution in [0.1, 0.15) is 59.1 Å². The number of aromatic nitrogens is 1. The van der Waals surface area contributed by atoms with Gasteiger partial charge in [-0.1, -0.05) is 6.07 Å². The van der Waals surface area contributed by atoms with Gasteiger partial charge in [0.05, 0.1) is 17.2 Å². The second-order valence-corrected chi connectivity index (χ2v) is 8.16. The van der Waals surface area contributed by atoms with Gasteiger partial charge in [0, 0.05) is 18.0 Å². The maximum atomic E-state index is 11.3. The lowest BCUT2D eigenvalue weighted by molar-refractivity contribution is -0.314. The second-order valence-electron chi connectivity index (χ2n) is 7.13. The first-order valence-corrected chi connectivity index (χ1v) is 9.54.